The van der Waals surface area contributed by atoms with E-state index in [1.807, 2.05) is 19.1 Å². The molecule has 0 radical (unpaired) electrons. The van der Waals surface area contributed by atoms with Crippen molar-refractivity contribution in [1.82, 2.24) is 9.88 Å². The Kier molecular flexibility index (Phi) is 5.92. The van der Waals surface area contributed by atoms with Crippen molar-refractivity contribution in [2.75, 3.05) is 13.1 Å². The van der Waals surface area contributed by atoms with Crippen LogP contribution < -0.4 is 4.74 Å². The molecule has 2 fully saturated rings. The summed E-state index contributed by atoms with van der Waals surface area (Å²) in [7, 11) is 0. The summed E-state index contributed by atoms with van der Waals surface area (Å²) in [6.45, 7) is 3.63. The van der Waals surface area contributed by atoms with Gasteiger partial charge in [-0.15, -0.1) is 0 Å². The number of aryl methyl sites for hydroxylation is 1. The number of nitrogens with zero attached hydrogens (tertiary/aromatic N) is 2. The minimum absolute atomic E-state index is 0.0424. The molecule has 1 aromatic carbocycles. The zero-order chi connectivity index (χ0) is 22.2. The quantitative estimate of drug-likeness (QED) is 0.680. The van der Waals surface area contributed by atoms with Crippen molar-refractivity contribution in [2.24, 2.45) is 5.92 Å². The molecule has 2 aromatic rings. The van der Waals surface area contributed by atoms with E-state index < -0.39 is 17.7 Å². The summed E-state index contributed by atoms with van der Waals surface area (Å²) in [6.07, 6.45) is -0.532. The molecule has 2 heterocycles. The first-order chi connectivity index (χ1) is 14.7. The molecule has 1 aliphatic heterocycles. The van der Waals surface area contributed by atoms with Crippen LogP contribution in [-0.2, 0) is 24.1 Å². The van der Waals surface area contributed by atoms with E-state index in [4.69, 9.17) is 9.84 Å². The molecule has 5 nitrogen and oxygen atoms in total. The van der Waals surface area contributed by atoms with Crippen LogP contribution >= 0.6 is 0 Å². The molecule has 1 saturated carbocycles. The van der Waals surface area contributed by atoms with Gasteiger partial charge in [0.25, 0.3) is 0 Å². The van der Waals surface area contributed by atoms with Gasteiger partial charge in [0.2, 0.25) is 0 Å². The number of alkyl halides is 3. The van der Waals surface area contributed by atoms with E-state index >= 15 is 0 Å². The lowest BCUT2D eigenvalue weighted by molar-refractivity contribution is -0.147. The molecule has 166 valence electrons. The average Bonchev–Trinajstić information content (AvgIpc) is 2.62. The van der Waals surface area contributed by atoms with Crippen LogP contribution in [0.1, 0.15) is 53.1 Å². The Hall–Kier alpha value is -2.61. The van der Waals surface area contributed by atoms with Gasteiger partial charge in [-0.1, -0.05) is 12.5 Å². The normalized spacial score (nSPS) is 17.8. The van der Waals surface area contributed by atoms with E-state index in [-0.39, 0.29) is 24.1 Å². The van der Waals surface area contributed by atoms with Crippen molar-refractivity contribution in [3.8, 4) is 5.75 Å². The van der Waals surface area contributed by atoms with Gasteiger partial charge < -0.3 is 9.84 Å². The van der Waals surface area contributed by atoms with Crippen LogP contribution in [0.5, 0.6) is 5.75 Å². The van der Waals surface area contributed by atoms with Gasteiger partial charge in [0, 0.05) is 25.8 Å². The SMILES string of the molecule is Cc1cc(OCc2cc(C(F)(F)F)c(C3CCC3)cn2)ccc1CN1CC(C(=O)O)C1. The predicted octanol–water partition coefficient (Wildman–Crippen LogP) is 4.77. The molecule has 1 N–H and O–H groups in total. The Morgan fingerprint density at radius 2 is 2.00 bits per heavy atom. The highest BCUT2D eigenvalue weighted by Gasteiger charge is 2.37. The van der Waals surface area contributed by atoms with Gasteiger partial charge in [0.1, 0.15) is 12.4 Å². The molecular formula is C23H25F3N2O3. The van der Waals surface area contributed by atoms with Crippen LogP contribution in [0.3, 0.4) is 0 Å². The number of carboxylic acids is 1. The third kappa shape index (κ3) is 4.84. The Morgan fingerprint density at radius 3 is 2.58 bits per heavy atom. The van der Waals surface area contributed by atoms with Gasteiger partial charge in [-0.25, -0.2) is 0 Å². The van der Waals surface area contributed by atoms with E-state index in [1.165, 1.54) is 6.20 Å². The molecule has 4 rings (SSSR count). The van der Waals surface area contributed by atoms with Crippen molar-refractivity contribution in [3.05, 3.63) is 58.4 Å². The largest absolute Gasteiger partial charge is 0.487 e. The summed E-state index contributed by atoms with van der Waals surface area (Å²) >= 11 is 0. The van der Waals surface area contributed by atoms with Crippen LogP contribution in [0.4, 0.5) is 13.2 Å². The Balaban J connectivity index is 1.39. The van der Waals surface area contributed by atoms with E-state index in [0.717, 1.165) is 36.5 Å². The molecule has 0 atom stereocenters. The number of aliphatic carboxylic acids is 1. The number of aromatic nitrogens is 1. The molecule has 1 saturated heterocycles. The maximum Gasteiger partial charge on any atom is 0.416 e. The highest BCUT2D eigenvalue weighted by atomic mass is 19.4. The fraction of sp³-hybridized carbons (Fsp3) is 0.478. The van der Waals surface area contributed by atoms with Crippen LogP contribution in [-0.4, -0.2) is 34.0 Å². The lowest BCUT2D eigenvalue weighted by Gasteiger charge is -2.36. The Morgan fingerprint density at radius 1 is 1.26 bits per heavy atom. The first kappa shape index (κ1) is 21.6. The minimum atomic E-state index is -4.41. The van der Waals surface area contributed by atoms with Crippen molar-refractivity contribution in [1.29, 1.82) is 0 Å². The summed E-state index contributed by atoms with van der Waals surface area (Å²) in [6, 6.07) is 6.64. The van der Waals surface area contributed by atoms with Gasteiger partial charge in [-0.2, -0.15) is 13.2 Å². The molecule has 0 bridgehead atoms. The zero-order valence-electron chi connectivity index (χ0n) is 17.3. The van der Waals surface area contributed by atoms with E-state index in [0.29, 0.717) is 30.9 Å². The summed E-state index contributed by atoms with van der Waals surface area (Å²) in [5, 5.41) is 8.97. The fourth-order valence-corrected chi connectivity index (χ4v) is 4.07. The molecule has 2 aliphatic rings. The number of hydrogen-bond acceptors (Lipinski definition) is 4. The first-order valence-corrected chi connectivity index (χ1v) is 10.4. The Bertz CT molecular complexity index is 967. The van der Waals surface area contributed by atoms with Crippen LogP contribution in [0.15, 0.2) is 30.5 Å². The first-order valence-electron chi connectivity index (χ1n) is 10.4. The van der Waals surface area contributed by atoms with Crippen LogP contribution in [0.25, 0.3) is 0 Å². The highest BCUT2D eigenvalue weighted by Crippen LogP contribution is 2.43. The number of likely N-dealkylation sites (tertiary alicyclic amines) is 1. The number of benzene rings is 1. The topological polar surface area (TPSA) is 62.7 Å². The van der Waals surface area contributed by atoms with Crippen molar-refractivity contribution >= 4 is 5.97 Å². The number of carbonyl (C=O) groups is 1. The number of halogens is 3. The van der Waals surface area contributed by atoms with Gasteiger partial charge in [0.15, 0.2) is 0 Å². The van der Waals surface area contributed by atoms with Crippen molar-refractivity contribution in [2.45, 2.75) is 51.4 Å². The Labute approximate surface area is 178 Å². The average molecular weight is 434 g/mol. The number of rotatable bonds is 7. The monoisotopic (exact) mass is 434 g/mol. The van der Waals surface area contributed by atoms with E-state index in [9.17, 15) is 18.0 Å². The second-order valence-electron chi connectivity index (χ2n) is 8.49. The van der Waals surface area contributed by atoms with Crippen LogP contribution in [0.2, 0.25) is 0 Å². The molecule has 0 unspecified atom stereocenters. The fourth-order valence-electron chi connectivity index (χ4n) is 4.07. The van der Waals surface area contributed by atoms with Crippen molar-refractivity contribution in [3.63, 3.8) is 0 Å². The number of hydrogen-bond donors (Lipinski definition) is 1. The van der Waals surface area contributed by atoms with Gasteiger partial charge in [-0.05, 0) is 60.6 Å². The smallest absolute Gasteiger partial charge is 0.416 e. The molecule has 0 spiro atoms. The second kappa shape index (κ2) is 8.49. The zero-order valence-corrected chi connectivity index (χ0v) is 17.3. The number of pyridine rings is 1. The molecule has 1 aliphatic carbocycles. The predicted molar refractivity (Wildman–Crippen MR) is 108 cm³/mol. The van der Waals surface area contributed by atoms with Crippen LogP contribution in [0, 0.1) is 12.8 Å². The number of ether oxygens (including phenoxy) is 1. The molecule has 0 amide bonds. The van der Waals surface area contributed by atoms with E-state index in [1.54, 1.807) is 6.07 Å². The van der Waals surface area contributed by atoms with Gasteiger partial charge >= 0.3 is 12.1 Å². The summed E-state index contributed by atoms with van der Waals surface area (Å²) in [5.41, 5.74) is 1.99. The summed E-state index contributed by atoms with van der Waals surface area (Å²) in [5.74, 6) is -0.550. The lowest BCUT2D eigenvalue weighted by Crippen LogP contribution is -2.49. The van der Waals surface area contributed by atoms with Gasteiger partial charge in [-0.3, -0.25) is 14.7 Å². The summed E-state index contributed by atoms with van der Waals surface area (Å²) < 4.78 is 46.2. The van der Waals surface area contributed by atoms with E-state index in [2.05, 4.69) is 9.88 Å². The standard InChI is InChI=1S/C23H25F3N2O3/c1-14-7-19(6-5-16(14)10-28-11-17(12-28)22(29)30)31-13-18-8-21(23(24,25)26)20(9-27-18)15-3-2-4-15/h5-9,15,17H,2-4,10-13H2,1H3,(H,29,30). The highest BCUT2D eigenvalue weighted by molar-refractivity contribution is 5.71. The molecule has 1 aromatic heterocycles. The van der Waals surface area contributed by atoms with Gasteiger partial charge in [0.05, 0.1) is 17.2 Å². The molecule has 31 heavy (non-hydrogen) atoms. The summed E-state index contributed by atoms with van der Waals surface area (Å²) in [4.78, 5) is 17.2. The molecular weight excluding hydrogens is 409 g/mol. The minimum Gasteiger partial charge on any atom is -0.487 e. The maximum atomic E-state index is 13.5. The lowest BCUT2D eigenvalue weighted by atomic mass is 9.78. The third-order valence-electron chi connectivity index (χ3n) is 6.24. The van der Waals surface area contributed by atoms with Crippen molar-refractivity contribution < 1.29 is 27.8 Å². The second-order valence-corrected chi connectivity index (χ2v) is 8.49. The molecule has 8 heteroatoms. The third-order valence-corrected chi connectivity index (χ3v) is 6.24. The number of carboxylic acid groups (broad SMARTS) is 1. The maximum absolute atomic E-state index is 13.5.